The second-order valence-corrected chi connectivity index (χ2v) is 9.40. The van der Waals surface area contributed by atoms with E-state index in [9.17, 15) is 26.9 Å². The predicted molar refractivity (Wildman–Crippen MR) is 112 cm³/mol. The minimum Gasteiger partial charge on any atom is -0.406 e. The molecule has 2 heterocycles. The highest BCUT2D eigenvalue weighted by atomic mass is 32.2. The largest absolute Gasteiger partial charge is 0.573 e. The number of hydrogen-bond acceptors (Lipinski definition) is 5. The summed E-state index contributed by atoms with van der Waals surface area (Å²) in [5, 5.41) is 10.2. The molecule has 7 nitrogen and oxygen atoms in total. The number of rotatable bonds is 6. The molecule has 0 bridgehead atoms. The molecule has 0 fully saturated rings. The Hall–Kier alpha value is -3.10. The number of halogens is 3. The number of nitrogens with zero attached hydrogens (tertiary/aromatic N) is 3. The Kier molecular flexibility index (Phi) is 6.22. The summed E-state index contributed by atoms with van der Waals surface area (Å²) in [5.41, 5.74) is 1.28. The quantitative estimate of drug-likeness (QED) is 0.566. The summed E-state index contributed by atoms with van der Waals surface area (Å²) in [6, 6.07) is 8.14. The Morgan fingerprint density at radius 1 is 1.16 bits per heavy atom. The molecule has 0 amide bonds. The number of alkyl halides is 3. The van der Waals surface area contributed by atoms with Gasteiger partial charge in [0.05, 0.1) is 22.5 Å². The van der Waals surface area contributed by atoms with Gasteiger partial charge in [-0.15, -0.1) is 13.2 Å². The number of nitriles is 1. The van der Waals surface area contributed by atoms with Gasteiger partial charge in [0.15, 0.2) is 0 Å². The Morgan fingerprint density at radius 2 is 1.84 bits per heavy atom. The van der Waals surface area contributed by atoms with Gasteiger partial charge in [0.25, 0.3) is 0 Å². The molecule has 3 aromatic rings. The van der Waals surface area contributed by atoms with E-state index in [1.165, 1.54) is 30.5 Å². The Bertz CT molecular complexity index is 1290. The number of nitrogens with one attached hydrogen (secondary N) is 1. The summed E-state index contributed by atoms with van der Waals surface area (Å²) >= 11 is 0. The lowest BCUT2D eigenvalue weighted by atomic mass is 10.1. The van der Waals surface area contributed by atoms with Gasteiger partial charge >= 0.3 is 6.36 Å². The smallest absolute Gasteiger partial charge is 0.406 e. The predicted octanol–water partition coefficient (Wildman–Crippen LogP) is 4.74. The standard InChI is InChI=1S/C21H21F3N4O3S/c1-12(2)27-32(29,30)15-6-8-18(26-11-15)20-17(10-25)16-7-5-14(31-21(22,23)24)9-19(16)28(20)13(3)4/h5-9,11-13,27H,1-4H3. The average Bonchev–Trinajstić information content (AvgIpc) is 2.99. The first-order valence-corrected chi connectivity index (χ1v) is 11.1. The van der Waals surface area contributed by atoms with Crippen LogP contribution in [0, 0.1) is 11.3 Å². The molecular weight excluding hydrogens is 445 g/mol. The van der Waals surface area contributed by atoms with E-state index in [-0.39, 0.29) is 22.5 Å². The molecule has 2 aromatic heterocycles. The van der Waals surface area contributed by atoms with Gasteiger partial charge < -0.3 is 9.30 Å². The van der Waals surface area contributed by atoms with Gasteiger partial charge in [-0.25, -0.2) is 13.1 Å². The van der Waals surface area contributed by atoms with Crippen molar-refractivity contribution in [2.75, 3.05) is 0 Å². The SMILES string of the molecule is CC(C)NS(=O)(=O)c1ccc(-c2c(C#N)c3ccc(OC(F)(F)F)cc3n2C(C)C)nc1. The fraction of sp³-hybridized carbons (Fsp3) is 0.333. The van der Waals surface area contributed by atoms with E-state index in [1.807, 2.05) is 13.8 Å². The lowest BCUT2D eigenvalue weighted by Gasteiger charge is -2.16. The van der Waals surface area contributed by atoms with Crippen molar-refractivity contribution < 1.29 is 26.3 Å². The molecule has 170 valence electrons. The number of hydrogen-bond donors (Lipinski definition) is 1. The van der Waals surface area contributed by atoms with E-state index in [4.69, 9.17) is 0 Å². The van der Waals surface area contributed by atoms with Crippen LogP contribution in [0.4, 0.5) is 13.2 Å². The second kappa shape index (κ2) is 8.44. The minimum absolute atomic E-state index is 0.0403. The zero-order valence-electron chi connectivity index (χ0n) is 17.7. The highest BCUT2D eigenvalue weighted by molar-refractivity contribution is 7.89. The number of sulfonamides is 1. The molecule has 1 N–H and O–H groups in total. The summed E-state index contributed by atoms with van der Waals surface area (Å²) in [6.45, 7) is 7.01. The molecule has 11 heteroatoms. The van der Waals surface area contributed by atoms with E-state index in [0.29, 0.717) is 22.3 Å². The molecule has 0 aliphatic carbocycles. The molecular formula is C21H21F3N4O3S. The third-order valence-electron chi connectivity index (χ3n) is 4.52. The molecule has 0 saturated heterocycles. The van der Waals surface area contributed by atoms with Crippen molar-refractivity contribution in [2.45, 2.75) is 51.0 Å². The fourth-order valence-electron chi connectivity index (χ4n) is 3.45. The van der Waals surface area contributed by atoms with Crippen LogP contribution in [0.15, 0.2) is 41.4 Å². The van der Waals surface area contributed by atoms with Crippen LogP contribution >= 0.6 is 0 Å². The molecule has 1 aromatic carbocycles. The number of benzene rings is 1. The number of pyridine rings is 1. The van der Waals surface area contributed by atoms with Gasteiger partial charge in [-0.1, -0.05) is 0 Å². The summed E-state index contributed by atoms with van der Waals surface area (Å²) in [5.74, 6) is -0.408. The Labute approximate surface area is 183 Å². The third-order valence-corrected chi connectivity index (χ3v) is 6.16. The van der Waals surface area contributed by atoms with Crippen molar-refractivity contribution in [1.82, 2.24) is 14.3 Å². The van der Waals surface area contributed by atoms with Gasteiger partial charge in [0.2, 0.25) is 10.0 Å². The fourth-order valence-corrected chi connectivity index (χ4v) is 4.64. The summed E-state index contributed by atoms with van der Waals surface area (Å²) in [4.78, 5) is 4.21. The molecule has 0 spiro atoms. The maximum atomic E-state index is 12.7. The second-order valence-electron chi connectivity index (χ2n) is 7.68. The Morgan fingerprint density at radius 3 is 2.34 bits per heavy atom. The summed E-state index contributed by atoms with van der Waals surface area (Å²) < 4.78 is 71.0. The molecule has 0 unspecified atom stereocenters. The van der Waals surface area contributed by atoms with Crippen molar-refractivity contribution in [2.24, 2.45) is 0 Å². The first kappa shape index (κ1) is 23.6. The van der Waals surface area contributed by atoms with Gasteiger partial charge in [-0.05, 0) is 52.0 Å². The van der Waals surface area contributed by atoms with Crippen molar-refractivity contribution in [3.8, 4) is 23.2 Å². The first-order valence-electron chi connectivity index (χ1n) is 9.66. The monoisotopic (exact) mass is 466 g/mol. The van der Waals surface area contributed by atoms with E-state index >= 15 is 0 Å². The van der Waals surface area contributed by atoms with E-state index in [2.05, 4.69) is 20.5 Å². The average molecular weight is 466 g/mol. The van der Waals surface area contributed by atoms with Crippen molar-refractivity contribution >= 4 is 20.9 Å². The molecule has 0 saturated carbocycles. The van der Waals surface area contributed by atoms with Crippen molar-refractivity contribution in [1.29, 1.82) is 5.26 Å². The number of aromatic nitrogens is 2. The van der Waals surface area contributed by atoms with Crippen LogP contribution in [-0.2, 0) is 10.0 Å². The molecule has 0 radical (unpaired) electrons. The first-order chi connectivity index (χ1) is 14.8. The molecule has 3 rings (SSSR count). The zero-order chi connectivity index (χ0) is 23.8. The van der Waals surface area contributed by atoms with Crippen molar-refractivity contribution in [3.05, 3.63) is 42.1 Å². The van der Waals surface area contributed by atoms with Gasteiger partial charge in [0, 0.05) is 29.7 Å². The summed E-state index contributed by atoms with van der Waals surface area (Å²) in [6.07, 6.45) is -3.67. The lowest BCUT2D eigenvalue weighted by Crippen LogP contribution is -2.30. The lowest BCUT2D eigenvalue weighted by molar-refractivity contribution is -0.274. The number of fused-ring (bicyclic) bond motifs is 1. The maximum absolute atomic E-state index is 12.7. The van der Waals surface area contributed by atoms with Crippen LogP contribution in [0.5, 0.6) is 5.75 Å². The summed E-state index contributed by atoms with van der Waals surface area (Å²) in [7, 11) is -3.76. The highest BCUT2D eigenvalue weighted by Gasteiger charge is 2.32. The van der Waals surface area contributed by atoms with Crippen LogP contribution in [0.3, 0.4) is 0 Å². The van der Waals surface area contributed by atoms with Crippen LogP contribution in [0.1, 0.15) is 39.3 Å². The maximum Gasteiger partial charge on any atom is 0.573 e. The molecule has 0 aliphatic heterocycles. The van der Waals surface area contributed by atoms with E-state index in [1.54, 1.807) is 18.4 Å². The highest BCUT2D eigenvalue weighted by Crippen LogP contribution is 2.37. The Balaban J connectivity index is 2.20. The zero-order valence-corrected chi connectivity index (χ0v) is 18.5. The van der Waals surface area contributed by atoms with E-state index < -0.39 is 22.1 Å². The van der Waals surface area contributed by atoms with Crippen LogP contribution in [0.2, 0.25) is 0 Å². The third kappa shape index (κ3) is 4.71. The molecule has 0 atom stereocenters. The normalized spacial score (nSPS) is 12.5. The topological polar surface area (TPSA) is 97.0 Å². The van der Waals surface area contributed by atoms with Gasteiger partial charge in [-0.2, -0.15) is 5.26 Å². The van der Waals surface area contributed by atoms with Crippen LogP contribution < -0.4 is 9.46 Å². The van der Waals surface area contributed by atoms with E-state index in [0.717, 1.165) is 6.07 Å². The molecule has 32 heavy (non-hydrogen) atoms. The molecule has 0 aliphatic rings. The van der Waals surface area contributed by atoms with Crippen LogP contribution in [-0.4, -0.2) is 30.4 Å². The van der Waals surface area contributed by atoms with Crippen LogP contribution in [0.25, 0.3) is 22.3 Å². The van der Waals surface area contributed by atoms with Gasteiger partial charge in [-0.3, -0.25) is 4.98 Å². The minimum atomic E-state index is -4.85. The number of ether oxygens (including phenoxy) is 1. The van der Waals surface area contributed by atoms with Crippen molar-refractivity contribution in [3.63, 3.8) is 0 Å². The van der Waals surface area contributed by atoms with Gasteiger partial charge in [0.1, 0.15) is 16.7 Å².